The van der Waals surface area contributed by atoms with Crippen LogP contribution in [-0.2, 0) is 9.53 Å². The Bertz CT molecular complexity index is 828. The lowest BCUT2D eigenvalue weighted by molar-refractivity contribution is -0.145. The van der Waals surface area contributed by atoms with Crippen molar-refractivity contribution in [2.24, 2.45) is 0 Å². The average Bonchev–Trinajstić information content (AvgIpc) is 2.97. The number of hydrogen-bond donors (Lipinski definition) is 0. The van der Waals surface area contributed by atoms with Crippen LogP contribution in [0, 0.1) is 0 Å². The molecule has 0 fully saturated rings. The summed E-state index contributed by atoms with van der Waals surface area (Å²) in [6.45, 7) is 0.280. The van der Waals surface area contributed by atoms with Gasteiger partial charge in [-0.15, -0.1) is 0 Å². The topological polar surface area (TPSA) is 52.6 Å². The van der Waals surface area contributed by atoms with Crippen molar-refractivity contribution in [3.05, 3.63) is 64.6 Å². The molecule has 2 aromatic carbocycles. The number of Topliss-reactive ketones (excluding diaryl/α,β-unsaturated/α-hetero) is 1. The highest BCUT2D eigenvalue weighted by molar-refractivity contribution is 8.04. The van der Waals surface area contributed by atoms with Crippen molar-refractivity contribution < 1.29 is 19.1 Å². The third-order valence-corrected chi connectivity index (χ3v) is 5.33. The predicted molar refractivity (Wildman–Crippen MR) is 106 cm³/mol. The molecule has 6 heteroatoms. The molecule has 0 unspecified atom stereocenters. The van der Waals surface area contributed by atoms with Gasteiger partial charge in [0.05, 0.1) is 4.91 Å². The standard InChI is InChI=1S/C20H18O4S2/c1-25-11-10-23-19(21)13-24-15-8-6-14(7-9-15)12-18-20(22)16-4-2-3-5-17(16)26-18/h2-9,12H,10-11,13H2,1H3/b18-12+. The van der Waals surface area contributed by atoms with E-state index in [1.54, 1.807) is 23.9 Å². The Kier molecular flexibility index (Phi) is 6.41. The summed E-state index contributed by atoms with van der Waals surface area (Å²) in [6.07, 6.45) is 3.82. The van der Waals surface area contributed by atoms with Crippen LogP contribution < -0.4 is 4.74 Å². The lowest BCUT2D eigenvalue weighted by atomic mass is 10.1. The van der Waals surface area contributed by atoms with Gasteiger partial charge in [0.25, 0.3) is 0 Å². The van der Waals surface area contributed by atoms with Crippen molar-refractivity contribution in [2.75, 3.05) is 25.2 Å². The number of carbonyl (C=O) groups is 2. The fourth-order valence-corrected chi connectivity index (χ4v) is 3.67. The zero-order valence-corrected chi connectivity index (χ0v) is 15.9. The molecule has 1 heterocycles. The van der Waals surface area contributed by atoms with Crippen LogP contribution in [-0.4, -0.2) is 37.0 Å². The van der Waals surface area contributed by atoms with E-state index in [9.17, 15) is 9.59 Å². The molecule has 0 atom stereocenters. The van der Waals surface area contributed by atoms with Crippen LogP contribution in [0.3, 0.4) is 0 Å². The molecule has 0 saturated heterocycles. The minimum absolute atomic E-state index is 0.0546. The quantitative estimate of drug-likeness (QED) is 0.402. The molecule has 1 aliphatic rings. The number of hydrogen-bond acceptors (Lipinski definition) is 6. The summed E-state index contributed by atoms with van der Waals surface area (Å²) in [4.78, 5) is 25.6. The van der Waals surface area contributed by atoms with E-state index in [0.717, 1.165) is 21.8 Å². The highest BCUT2D eigenvalue weighted by Crippen LogP contribution is 2.40. The van der Waals surface area contributed by atoms with E-state index in [-0.39, 0.29) is 18.4 Å². The summed E-state index contributed by atoms with van der Waals surface area (Å²) in [7, 11) is 0. The van der Waals surface area contributed by atoms with E-state index >= 15 is 0 Å². The molecule has 2 aromatic rings. The van der Waals surface area contributed by atoms with Gasteiger partial charge >= 0.3 is 5.97 Å². The SMILES string of the molecule is CSCCOC(=O)COc1ccc(/C=C2/Sc3ccccc3C2=O)cc1. The molecule has 0 aromatic heterocycles. The van der Waals surface area contributed by atoms with Gasteiger partial charge in [0, 0.05) is 16.2 Å². The van der Waals surface area contributed by atoms with E-state index in [1.165, 1.54) is 11.8 Å². The number of carbonyl (C=O) groups excluding carboxylic acids is 2. The lowest BCUT2D eigenvalue weighted by Gasteiger charge is -2.07. The zero-order chi connectivity index (χ0) is 18.4. The highest BCUT2D eigenvalue weighted by Gasteiger charge is 2.24. The molecule has 4 nitrogen and oxygen atoms in total. The van der Waals surface area contributed by atoms with Gasteiger partial charge in [-0.25, -0.2) is 4.79 Å². The second-order valence-corrected chi connectivity index (χ2v) is 7.58. The summed E-state index contributed by atoms with van der Waals surface area (Å²) >= 11 is 3.10. The Hall–Kier alpha value is -2.18. The first-order chi connectivity index (χ1) is 12.7. The largest absolute Gasteiger partial charge is 0.482 e. The number of ether oxygens (including phenoxy) is 2. The average molecular weight is 386 g/mol. The van der Waals surface area contributed by atoms with E-state index < -0.39 is 0 Å². The monoisotopic (exact) mass is 386 g/mol. The summed E-state index contributed by atoms with van der Waals surface area (Å²) in [5, 5.41) is 0. The summed E-state index contributed by atoms with van der Waals surface area (Å²) in [6, 6.07) is 14.9. The number of rotatable bonds is 7. The maximum atomic E-state index is 12.4. The number of ketones is 1. The van der Waals surface area contributed by atoms with Gasteiger partial charge in [0.2, 0.25) is 5.78 Å². The molecule has 0 amide bonds. The molecule has 0 saturated carbocycles. The molecular formula is C20H18O4S2. The second kappa shape index (κ2) is 8.96. The van der Waals surface area contributed by atoms with Crippen LogP contribution in [0.5, 0.6) is 5.75 Å². The molecule has 3 rings (SSSR count). The van der Waals surface area contributed by atoms with Gasteiger partial charge in [-0.05, 0) is 42.2 Å². The first-order valence-corrected chi connectivity index (χ1v) is 10.3. The Morgan fingerprint density at radius 1 is 1.15 bits per heavy atom. The number of esters is 1. The number of benzene rings is 2. The van der Waals surface area contributed by atoms with Crippen LogP contribution >= 0.6 is 23.5 Å². The predicted octanol–water partition coefficient (Wildman–Crippen LogP) is 4.30. The highest BCUT2D eigenvalue weighted by atomic mass is 32.2. The number of thioether (sulfide) groups is 2. The maximum absolute atomic E-state index is 12.4. The minimum atomic E-state index is -0.379. The molecule has 0 aliphatic carbocycles. The molecular weight excluding hydrogens is 368 g/mol. The van der Waals surface area contributed by atoms with Crippen molar-refractivity contribution in [1.82, 2.24) is 0 Å². The van der Waals surface area contributed by atoms with Crippen LogP contribution in [0.25, 0.3) is 6.08 Å². The van der Waals surface area contributed by atoms with Gasteiger partial charge < -0.3 is 9.47 Å². The zero-order valence-electron chi connectivity index (χ0n) is 14.3. The van der Waals surface area contributed by atoms with Crippen molar-refractivity contribution in [3.8, 4) is 5.75 Å². The summed E-state index contributed by atoms with van der Waals surface area (Å²) in [5.74, 6) is 1.04. The van der Waals surface area contributed by atoms with Gasteiger partial charge in [0.1, 0.15) is 12.4 Å². The van der Waals surface area contributed by atoms with Crippen LogP contribution in [0.1, 0.15) is 15.9 Å². The minimum Gasteiger partial charge on any atom is -0.482 e. The number of allylic oxidation sites excluding steroid dienone is 1. The first kappa shape index (κ1) is 18.6. The van der Waals surface area contributed by atoms with Gasteiger partial charge in [-0.2, -0.15) is 11.8 Å². The third-order valence-electron chi connectivity index (χ3n) is 3.66. The van der Waals surface area contributed by atoms with Crippen molar-refractivity contribution in [3.63, 3.8) is 0 Å². The fraction of sp³-hybridized carbons (Fsp3) is 0.200. The normalized spacial score (nSPS) is 14.3. The molecule has 1 aliphatic heterocycles. The molecule has 26 heavy (non-hydrogen) atoms. The summed E-state index contributed by atoms with van der Waals surface area (Å²) < 4.78 is 10.4. The Labute approximate surface area is 161 Å². The molecule has 0 bridgehead atoms. The molecule has 134 valence electrons. The van der Waals surface area contributed by atoms with E-state index in [4.69, 9.17) is 9.47 Å². The molecule has 0 radical (unpaired) electrons. The smallest absolute Gasteiger partial charge is 0.344 e. The van der Waals surface area contributed by atoms with Crippen molar-refractivity contribution >= 4 is 41.4 Å². The maximum Gasteiger partial charge on any atom is 0.344 e. The van der Waals surface area contributed by atoms with Gasteiger partial charge in [-0.1, -0.05) is 36.0 Å². The van der Waals surface area contributed by atoms with Crippen molar-refractivity contribution in [2.45, 2.75) is 4.90 Å². The van der Waals surface area contributed by atoms with Gasteiger partial charge in [-0.3, -0.25) is 4.79 Å². The lowest BCUT2D eigenvalue weighted by Crippen LogP contribution is -2.16. The third kappa shape index (κ3) is 4.71. The van der Waals surface area contributed by atoms with Crippen molar-refractivity contribution in [1.29, 1.82) is 0 Å². The van der Waals surface area contributed by atoms with Crippen LogP contribution in [0.15, 0.2) is 58.3 Å². The Balaban J connectivity index is 1.57. The fourth-order valence-electron chi connectivity index (χ4n) is 2.37. The molecule has 0 N–H and O–H groups in total. The van der Waals surface area contributed by atoms with Crippen LogP contribution in [0.2, 0.25) is 0 Å². The number of fused-ring (bicyclic) bond motifs is 1. The summed E-state index contributed by atoms with van der Waals surface area (Å²) in [5.41, 5.74) is 1.66. The van der Waals surface area contributed by atoms with E-state index in [2.05, 4.69) is 0 Å². The molecule has 0 spiro atoms. The Morgan fingerprint density at radius 2 is 1.92 bits per heavy atom. The Morgan fingerprint density at radius 3 is 2.65 bits per heavy atom. The van der Waals surface area contributed by atoms with E-state index in [1.807, 2.05) is 48.7 Å². The van der Waals surface area contributed by atoms with E-state index in [0.29, 0.717) is 17.3 Å². The van der Waals surface area contributed by atoms with Crippen LogP contribution in [0.4, 0.5) is 0 Å². The van der Waals surface area contributed by atoms with Gasteiger partial charge in [0.15, 0.2) is 6.61 Å². The first-order valence-electron chi connectivity index (χ1n) is 8.08. The second-order valence-electron chi connectivity index (χ2n) is 5.51.